The third-order valence-corrected chi connectivity index (χ3v) is 3.87. The number of hydrogen-bond acceptors (Lipinski definition) is 3. The molecule has 0 aliphatic carbocycles. The van der Waals surface area contributed by atoms with E-state index in [1.54, 1.807) is 4.68 Å². The number of aliphatic carboxylic acids is 1. The highest BCUT2D eigenvalue weighted by Crippen LogP contribution is 2.27. The summed E-state index contributed by atoms with van der Waals surface area (Å²) in [5.41, 5.74) is 1.76. The molecule has 1 aromatic heterocycles. The number of aryl methyl sites for hydroxylation is 1. The lowest BCUT2D eigenvalue weighted by atomic mass is 10.3. The number of carboxylic acid groups (broad SMARTS) is 1. The molecule has 94 valence electrons. The lowest BCUT2D eigenvalue weighted by molar-refractivity contribution is -0.133. The van der Waals surface area contributed by atoms with Crippen LogP contribution in [0.2, 0.25) is 0 Å². The van der Waals surface area contributed by atoms with Crippen molar-refractivity contribution in [1.29, 1.82) is 0 Å². The Hall–Kier alpha value is -1.27. The topological polar surface area (TPSA) is 55.1 Å². The Bertz CT molecular complexity index is 583. The maximum absolute atomic E-state index is 10.6. The Balaban J connectivity index is 2.38. The number of thioether (sulfide) groups is 1. The molecule has 0 unspecified atom stereocenters. The SMILES string of the molecule is Cc1cc(SCC(=O)O)n(-c2ccccc2Br)n1. The quantitative estimate of drug-likeness (QED) is 0.877. The molecule has 6 heteroatoms. The number of rotatable bonds is 4. The Morgan fingerprint density at radius 1 is 1.50 bits per heavy atom. The van der Waals surface area contributed by atoms with Crippen LogP contribution in [0.25, 0.3) is 5.69 Å². The molecule has 1 heterocycles. The van der Waals surface area contributed by atoms with Crippen molar-refractivity contribution >= 4 is 33.7 Å². The second-order valence-corrected chi connectivity index (χ2v) is 5.52. The standard InChI is InChI=1S/C12H11BrN2O2S/c1-8-6-11(18-7-12(16)17)15(14-8)10-5-3-2-4-9(10)13/h2-6H,7H2,1H3,(H,16,17). The van der Waals surface area contributed by atoms with Crippen molar-refractivity contribution in [3.63, 3.8) is 0 Å². The fourth-order valence-electron chi connectivity index (χ4n) is 1.51. The highest BCUT2D eigenvalue weighted by Gasteiger charge is 2.11. The molecular formula is C12H11BrN2O2S. The molecule has 0 saturated heterocycles. The molecular weight excluding hydrogens is 316 g/mol. The van der Waals surface area contributed by atoms with Gasteiger partial charge in [0.25, 0.3) is 0 Å². The van der Waals surface area contributed by atoms with Crippen molar-refractivity contribution in [2.45, 2.75) is 11.9 Å². The van der Waals surface area contributed by atoms with E-state index in [1.165, 1.54) is 11.8 Å². The van der Waals surface area contributed by atoms with Gasteiger partial charge in [-0.1, -0.05) is 23.9 Å². The fraction of sp³-hybridized carbons (Fsp3) is 0.167. The van der Waals surface area contributed by atoms with Gasteiger partial charge in [0.05, 0.1) is 17.1 Å². The third kappa shape index (κ3) is 2.94. The fourth-order valence-corrected chi connectivity index (χ4v) is 2.75. The summed E-state index contributed by atoms with van der Waals surface area (Å²) in [5, 5.41) is 14.0. The normalized spacial score (nSPS) is 10.6. The summed E-state index contributed by atoms with van der Waals surface area (Å²) >= 11 is 4.73. The summed E-state index contributed by atoms with van der Waals surface area (Å²) < 4.78 is 2.68. The number of hydrogen-bond donors (Lipinski definition) is 1. The molecule has 1 aromatic carbocycles. The predicted octanol–water partition coefficient (Wildman–Crippen LogP) is 3.12. The molecule has 0 bridgehead atoms. The van der Waals surface area contributed by atoms with Crippen LogP contribution < -0.4 is 0 Å². The molecule has 0 amide bonds. The van der Waals surface area contributed by atoms with Crippen LogP contribution in [-0.2, 0) is 4.79 Å². The van der Waals surface area contributed by atoms with Crippen molar-refractivity contribution in [1.82, 2.24) is 9.78 Å². The second-order valence-electron chi connectivity index (χ2n) is 3.67. The van der Waals surface area contributed by atoms with Gasteiger partial charge in [-0.25, -0.2) is 4.68 Å². The average molecular weight is 327 g/mol. The van der Waals surface area contributed by atoms with Crippen LogP contribution >= 0.6 is 27.7 Å². The van der Waals surface area contributed by atoms with Crippen LogP contribution in [0.4, 0.5) is 0 Å². The van der Waals surface area contributed by atoms with Crippen molar-refractivity contribution in [3.8, 4) is 5.69 Å². The molecule has 0 atom stereocenters. The number of para-hydroxylation sites is 1. The van der Waals surface area contributed by atoms with E-state index in [1.807, 2.05) is 37.3 Å². The van der Waals surface area contributed by atoms with Gasteiger partial charge in [-0.2, -0.15) is 5.10 Å². The van der Waals surface area contributed by atoms with Gasteiger partial charge in [0.15, 0.2) is 0 Å². The zero-order valence-electron chi connectivity index (χ0n) is 9.63. The van der Waals surface area contributed by atoms with E-state index >= 15 is 0 Å². The third-order valence-electron chi connectivity index (χ3n) is 2.22. The Morgan fingerprint density at radius 2 is 2.22 bits per heavy atom. The number of carboxylic acids is 1. The largest absolute Gasteiger partial charge is 0.481 e. The number of nitrogens with zero attached hydrogens (tertiary/aromatic N) is 2. The molecule has 0 fully saturated rings. The van der Waals surface area contributed by atoms with Gasteiger partial charge >= 0.3 is 5.97 Å². The summed E-state index contributed by atoms with van der Waals surface area (Å²) in [5.74, 6) is -0.812. The summed E-state index contributed by atoms with van der Waals surface area (Å²) in [6, 6.07) is 9.59. The first-order valence-electron chi connectivity index (χ1n) is 5.24. The van der Waals surface area contributed by atoms with E-state index in [2.05, 4.69) is 21.0 Å². The number of carbonyl (C=O) groups is 1. The molecule has 18 heavy (non-hydrogen) atoms. The van der Waals surface area contributed by atoms with Crippen LogP contribution in [0.15, 0.2) is 39.8 Å². The van der Waals surface area contributed by atoms with Crippen LogP contribution in [-0.4, -0.2) is 26.6 Å². The van der Waals surface area contributed by atoms with Gasteiger partial charge in [-0.3, -0.25) is 4.79 Å². The summed E-state index contributed by atoms with van der Waals surface area (Å²) in [6.45, 7) is 1.89. The first-order valence-corrected chi connectivity index (χ1v) is 7.02. The number of benzene rings is 1. The second kappa shape index (κ2) is 5.58. The number of aromatic nitrogens is 2. The van der Waals surface area contributed by atoms with E-state index in [-0.39, 0.29) is 5.75 Å². The molecule has 0 aliphatic rings. The Morgan fingerprint density at radius 3 is 2.89 bits per heavy atom. The van der Waals surface area contributed by atoms with E-state index in [0.717, 1.165) is 20.9 Å². The highest BCUT2D eigenvalue weighted by atomic mass is 79.9. The molecule has 1 N–H and O–H groups in total. The van der Waals surface area contributed by atoms with Crippen LogP contribution in [0.3, 0.4) is 0 Å². The minimum atomic E-state index is -0.836. The highest BCUT2D eigenvalue weighted by molar-refractivity contribution is 9.10. The maximum Gasteiger partial charge on any atom is 0.313 e. The smallest absolute Gasteiger partial charge is 0.313 e. The van der Waals surface area contributed by atoms with Crippen LogP contribution in [0, 0.1) is 6.92 Å². The lowest BCUT2D eigenvalue weighted by Gasteiger charge is -2.07. The van der Waals surface area contributed by atoms with Crippen molar-refractivity contribution in [2.75, 3.05) is 5.75 Å². The zero-order valence-corrected chi connectivity index (χ0v) is 12.0. The minimum absolute atomic E-state index is 0.0234. The van der Waals surface area contributed by atoms with Crippen molar-refractivity contribution < 1.29 is 9.90 Å². The van der Waals surface area contributed by atoms with Gasteiger partial charge < -0.3 is 5.11 Å². The average Bonchev–Trinajstić information content (AvgIpc) is 2.68. The van der Waals surface area contributed by atoms with E-state index in [0.29, 0.717) is 0 Å². The maximum atomic E-state index is 10.6. The van der Waals surface area contributed by atoms with Crippen molar-refractivity contribution in [2.24, 2.45) is 0 Å². The van der Waals surface area contributed by atoms with Gasteiger partial charge in [-0.15, -0.1) is 0 Å². The summed E-state index contributed by atoms with van der Waals surface area (Å²) in [7, 11) is 0. The monoisotopic (exact) mass is 326 g/mol. The van der Waals surface area contributed by atoms with Crippen LogP contribution in [0.5, 0.6) is 0 Å². The van der Waals surface area contributed by atoms with Gasteiger partial charge in [0.1, 0.15) is 5.03 Å². The molecule has 0 radical (unpaired) electrons. The Labute approximate surface area is 117 Å². The predicted molar refractivity (Wildman–Crippen MR) is 74.4 cm³/mol. The lowest BCUT2D eigenvalue weighted by Crippen LogP contribution is -2.02. The molecule has 4 nitrogen and oxygen atoms in total. The first-order chi connectivity index (χ1) is 8.58. The summed E-state index contributed by atoms with van der Waals surface area (Å²) in [6.07, 6.45) is 0. The number of halogens is 1. The van der Waals surface area contributed by atoms with Crippen LogP contribution in [0.1, 0.15) is 5.69 Å². The van der Waals surface area contributed by atoms with E-state index in [4.69, 9.17) is 5.11 Å². The molecule has 0 saturated carbocycles. The van der Waals surface area contributed by atoms with Gasteiger partial charge in [-0.05, 0) is 41.1 Å². The van der Waals surface area contributed by atoms with Gasteiger partial charge in [0.2, 0.25) is 0 Å². The van der Waals surface area contributed by atoms with Crippen molar-refractivity contribution in [3.05, 3.63) is 40.5 Å². The van der Waals surface area contributed by atoms with E-state index < -0.39 is 5.97 Å². The zero-order chi connectivity index (χ0) is 13.1. The van der Waals surface area contributed by atoms with Gasteiger partial charge in [0, 0.05) is 4.47 Å². The molecule has 2 aromatic rings. The Kier molecular flexibility index (Phi) is 4.08. The minimum Gasteiger partial charge on any atom is -0.481 e. The molecule has 0 spiro atoms. The summed E-state index contributed by atoms with van der Waals surface area (Å²) in [4.78, 5) is 10.6. The molecule has 2 rings (SSSR count). The van der Waals surface area contributed by atoms with E-state index in [9.17, 15) is 4.79 Å². The molecule has 0 aliphatic heterocycles. The first kappa shape index (κ1) is 13.2.